The molecule has 0 atom stereocenters. The van der Waals surface area contributed by atoms with E-state index in [0.29, 0.717) is 6.04 Å². The highest BCUT2D eigenvalue weighted by Crippen LogP contribution is 2.17. The Balaban J connectivity index is 2.31. The van der Waals surface area contributed by atoms with Crippen molar-refractivity contribution < 1.29 is 0 Å². The van der Waals surface area contributed by atoms with Gasteiger partial charge < -0.3 is 4.90 Å². The van der Waals surface area contributed by atoms with Crippen molar-refractivity contribution in [3.63, 3.8) is 0 Å². The number of benzene rings is 1. The molecule has 0 saturated heterocycles. The van der Waals surface area contributed by atoms with Gasteiger partial charge in [0, 0.05) is 17.9 Å². The van der Waals surface area contributed by atoms with Gasteiger partial charge in [-0.25, -0.2) is 0 Å². The van der Waals surface area contributed by atoms with Crippen LogP contribution in [0.1, 0.15) is 20.3 Å². The molecule has 1 heterocycles. The third-order valence-electron chi connectivity index (χ3n) is 2.87. The fourth-order valence-electron chi connectivity index (χ4n) is 1.92. The number of para-hydroxylation sites is 1. The predicted octanol–water partition coefficient (Wildman–Crippen LogP) is 2.66. The third-order valence-corrected chi connectivity index (χ3v) is 3.43. The zero-order valence-electron chi connectivity index (χ0n) is 11.2. The Hall–Kier alpha value is -1.43. The molecule has 6 heteroatoms. The van der Waals surface area contributed by atoms with E-state index < -0.39 is 0 Å². The van der Waals surface area contributed by atoms with E-state index in [1.54, 1.807) is 4.68 Å². The molecule has 0 spiro atoms. The van der Waals surface area contributed by atoms with Crippen molar-refractivity contribution >= 4 is 21.9 Å². The maximum atomic E-state index is 4.18. The smallest absolute Gasteiger partial charge is 0.250 e. The lowest BCUT2D eigenvalue weighted by Gasteiger charge is -2.26. The first-order valence-corrected chi connectivity index (χ1v) is 7.52. The number of aromatic nitrogens is 4. The highest BCUT2D eigenvalue weighted by atomic mass is 79.9. The summed E-state index contributed by atoms with van der Waals surface area (Å²) >= 11 is 3.47. The largest absolute Gasteiger partial charge is 0.337 e. The number of hydrogen-bond donors (Lipinski definition) is 0. The normalized spacial score (nSPS) is 10.9. The average Bonchev–Trinajstić information content (AvgIpc) is 2.89. The Morgan fingerprint density at radius 1 is 1.26 bits per heavy atom. The molecule has 1 aromatic carbocycles. The molecule has 2 aromatic rings. The maximum Gasteiger partial charge on any atom is 0.250 e. The Morgan fingerprint density at radius 2 is 2.00 bits per heavy atom. The van der Waals surface area contributed by atoms with E-state index in [-0.39, 0.29) is 0 Å². The molecular formula is C13H18BrN5. The average molecular weight is 324 g/mol. The number of halogens is 1. The Bertz CT molecular complexity index is 497. The number of rotatable bonds is 6. The van der Waals surface area contributed by atoms with Crippen molar-refractivity contribution in [2.75, 3.05) is 16.8 Å². The molecule has 0 aliphatic heterocycles. The van der Waals surface area contributed by atoms with E-state index in [4.69, 9.17) is 0 Å². The van der Waals surface area contributed by atoms with E-state index in [1.165, 1.54) is 0 Å². The molecule has 102 valence electrons. The van der Waals surface area contributed by atoms with Crippen molar-refractivity contribution in [2.24, 2.45) is 0 Å². The minimum atomic E-state index is 0.354. The standard InChI is InChI=1S/C13H18BrN5/c1-11(2)18(10-6-9-14)13-15-16-17-19(13)12-7-4-3-5-8-12/h3-5,7-8,11H,6,9-10H2,1-2H3. The summed E-state index contributed by atoms with van der Waals surface area (Å²) in [6, 6.07) is 10.3. The molecule has 0 bridgehead atoms. The van der Waals surface area contributed by atoms with E-state index in [2.05, 4.69) is 50.2 Å². The Kier molecular flexibility index (Phi) is 4.90. The van der Waals surface area contributed by atoms with Crippen LogP contribution in [0.4, 0.5) is 5.95 Å². The van der Waals surface area contributed by atoms with Gasteiger partial charge in [-0.1, -0.05) is 39.2 Å². The number of tetrazole rings is 1. The van der Waals surface area contributed by atoms with E-state index in [0.717, 1.165) is 29.9 Å². The maximum absolute atomic E-state index is 4.18. The van der Waals surface area contributed by atoms with Crippen LogP contribution in [0.3, 0.4) is 0 Å². The number of alkyl halides is 1. The second-order valence-corrected chi connectivity index (χ2v) is 5.35. The molecule has 0 radical (unpaired) electrons. The summed E-state index contributed by atoms with van der Waals surface area (Å²) in [5, 5.41) is 13.1. The van der Waals surface area contributed by atoms with Gasteiger partial charge in [0.25, 0.3) is 5.95 Å². The summed E-state index contributed by atoms with van der Waals surface area (Å²) in [5.74, 6) is 0.794. The van der Waals surface area contributed by atoms with Gasteiger partial charge in [0.05, 0.1) is 5.69 Å². The topological polar surface area (TPSA) is 46.8 Å². The third kappa shape index (κ3) is 3.32. The van der Waals surface area contributed by atoms with Gasteiger partial charge in [-0.3, -0.25) is 0 Å². The van der Waals surface area contributed by atoms with Crippen LogP contribution in [0, 0.1) is 0 Å². The SMILES string of the molecule is CC(C)N(CCCBr)c1nnnn1-c1ccccc1. The van der Waals surface area contributed by atoms with E-state index >= 15 is 0 Å². The zero-order chi connectivity index (χ0) is 13.7. The van der Waals surface area contributed by atoms with Gasteiger partial charge in [0.2, 0.25) is 0 Å². The summed E-state index contributed by atoms with van der Waals surface area (Å²) in [4.78, 5) is 2.22. The van der Waals surface area contributed by atoms with Gasteiger partial charge in [-0.05, 0) is 42.8 Å². The van der Waals surface area contributed by atoms with E-state index in [9.17, 15) is 0 Å². The lowest BCUT2D eigenvalue weighted by atomic mass is 10.3. The summed E-state index contributed by atoms with van der Waals surface area (Å²) < 4.78 is 1.79. The highest BCUT2D eigenvalue weighted by Gasteiger charge is 2.18. The van der Waals surface area contributed by atoms with Crippen LogP contribution < -0.4 is 4.90 Å². The van der Waals surface area contributed by atoms with Crippen molar-refractivity contribution in [1.82, 2.24) is 20.2 Å². The first kappa shape index (κ1) is 14.0. The van der Waals surface area contributed by atoms with Gasteiger partial charge >= 0.3 is 0 Å². The summed E-state index contributed by atoms with van der Waals surface area (Å²) in [5.41, 5.74) is 0.979. The molecule has 5 nitrogen and oxygen atoms in total. The molecule has 1 aromatic heterocycles. The van der Waals surface area contributed by atoms with Crippen LogP contribution in [0.2, 0.25) is 0 Å². The van der Waals surface area contributed by atoms with E-state index in [1.807, 2.05) is 30.3 Å². The molecule has 0 aliphatic rings. The summed E-state index contributed by atoms with van der Waals surface area (Å²) in [6.07, 6.45) is 1.06. The summed E-state index contributed by atoms with van der Waals surface area (Å²) in [6.45, 7) is 5.23. The van der Waals surface area contributed by atoms with Gasteiger partial charge in [0.15, 0.2) is 0 Å². The highest BCUT2D eigenvalue weighted by molar-refractivity contribution is 9.09. The quantitative estimate of drug-likeness (QED) is 0.767. The van der Waals surface area contributed by atoms with Crippen molar-refractivity contribution in [2.45, 2.75) is 26.3 Å². The first-order valence-electron chi connectivity index (χ1n) is 6.40. The Labute approximate surface area is 121 Å². The van der Waals surface area contributed by atoms with Crippen molar-refractivity contribution in [3.05, 3.63) is 30.3 Å². The molecule has 2 rings (SSSR count). The van der Waals surface area contributed by atoms with Gasteiger partial charge in [-0.2, -0.15) is 4.68 Å². The number of hydrogen-bond acceptors (Lipinski definition) is 4. The Morgan fingerprint density at radius 3 is 2.63 bits per heavy atom. The minimum absolute atomic E-state index is 0.354. The van der Waals surface area contributed by atoms with Crippen LogP contribution in [0.5, 0.6) is 0 Å². The molecule has 0 fully saturated rings. The molecule has 0 N–H and O–H groups in total. The molecule has 0 aliphatic carbocycles. The summed E-state index contributed by atoms with van der Waals surface area (Å²) in [7, 11) is 0. The monoisotopic (exact) mass is 323 g/mol. The molecule has 0 amide bonds. The van der Waals surface area contributed by atoms with Crippen molar-refractivity contribution in [1.29, 1.82) is 0 Å². The molecular weight excluding hydrogens is 306 g/mol. The van der Waals surface area contributed by atoms with Crippen LogP contribution in [0.25, 0.3) is 5.69 Å². The van der Waals surface area contributed by atoms with Crippen LogP contribution in [0.15, 0.2) is 30.3 Å². The predicted molar refractivity (Wildman–Crippen MR) is 80.0 cm³/mol. The van der Waals surface area contributed by atoms with Gasteiger partial charge in [-0.15, -0.1) is 0 Å². The number of anilines is 1. The van der Waals surface area contributed by atoms with Crippen molar-refractivity contribution in [3.8, 4) is 5.69 Å². The molecule has 0 saturated carbocycles. The van der Waals surface area contributed by atoms with Gasteiger partial charge in [0.1, 0.15) is 0 Å². The fraction of sp³-hybridized carbons (Fsp3) is 0.462. The molecule has 19 heavy (non-hydrogen) atoms. The minimum Gasteiger partial charge on any atom is -0.337 e. The zero-order valence-corrected chi connectivity index (χ0v) is 12.8. The van der Waals surface area contributed by atoms with Crippen LogP contribution in [-0.2, 0) is 0 Å². The lowest BCUT2D eigenvalue weighted by molar-refractivity contribution is 0.641. The van der Waals surface area contributed by atoms with Crippen LogP contribution in [-0.4, -0.2) is 38.1 Å². The second-order valence-electron chi connectivity index (χ2n) is 4.56. The lowest BCUT2D eigenvalue weighted by Crippen LogP contribution is -2.34. The van der Waals surface area contributed by atoms with Crippen LogP contribution >= 0.6 is 15.9 Å². The molecule has 0 unspecified atom stereocenters. The fourth-order valence-corrected chi connectivity index (χ4v) is 2.17. The second kappa shape index (κ2) is 6.65. The first-order chi connectivity index (χ1) is 9.24. The number of nitrogens with zero attached hydrogens (tertiary/aromatic N) is 5.